The molecule has 6 heterocycles. The van der Waals surface area contributed by atoms with Crippen LogP contribution in [-0.4, -0.2) is 131 Å². The highest BCUT2D eigenvalue weighted by atomic mass is 32.2. The molecule has 15 heteroatoms. The van der Waals surface area contributed by atoms with Crippen LogP contribution in [0.2, 0.25) is 0 Å². The van der Waals surface area contributed by atoms with Gasteiger partial charge in [-0.1, -0.05) is 0 Å². The summed E-state index contributed by atoms with van der Waals surface area (Å²) < 4.78 is 50.6. The Kier molecular flexibility index (Phi) is 9.58. The van der Waals surface area contributed by atoms with Gasteiger partial charge in [-0.15, -0.1) is 10.2 Å². The highest BCUT2D eigenvalue weighted by Gasteiger charge is 2.48. The number of aromatic nitrogens is 3. The Morgan fingerprint density at radius 3 is 2.45 bits per heavy atom. The predicted molar refractivity (Wildman–Crippen MR) is 183 cm³/mol. The van der Waals surface area contributed by atoms with Crippen molar-refractivity contribution in [1.29, 1.82) is 0 Å². The lowest BCUT2D eigenvalue weighted by Crippen LogP contribution is -2.61. The van der Waals surface area contributed by atoms with Crippen molar-refractivity contribution in [1.82, 2.24) is 38.9 Å². The molecular weight excluding hydrogens is 649 g/mol. The van der Waals surface area contributed by atoms with Crippen LogP contribution in [0.5, 0.6) is 11.6 Å². The molecule has 1 aromatic heterocycles. The van der Waals surface area contributed by atoms with Gasteiger partial charge in [0, 0.05) is 75.4 Å². The molecule has 0 radical (unpaired) electrons. The van der Waals surface area contributed by atoms with Gasteiger partial charge in [0.25, 0.3) is 22.0 Å². The third-order valence-corrected chi connectivity index (χ3v) is 13.3. The average Bonchev–Trinajstić information content (AvgIpc) is 3.70. The van der Waals surface area contributed by atoms with E-state index < -0.39 is 16.0 Å². The van der Waals surface area contributed by atoms with Crippen molar-refractivity contribution in [2.45, 2.75) is 84.0 Å². The van der Waals surface area contributed by atoms with E-state index in [1.54, 1.807) is 13.5 Å². The zero-order chi connectivity index (χ0) is 34.5. The molecule has 7 rings (SSSR count). The lowest BCUT2D eigenvalue weighted by molar-refractivity contribution is 0.0606. The molecule has 0 saturated carbocycles. The number of hydrogen-bond donors (Lipinski definition) is 1. The Hall–Kier alpha value is -2.98. The summed E-state index contributed by atoms with van der Waals surface area (Å²) in [7, 11) is -3.37. The lowest BCUT2D eigenvalue weighted by Gasteiger charge is -2.54. The molecule has 1 spiro atoms. The van der Waals surface area contributed by atoms with Crippen LogP contribution in [0.1, 0.15) is 70.2 Å². The third kappa shape index (κ3) is 6.88. The van der Waals surface area contributed by atoms with Crippen LogP contribution in [0.4, 0.5) is 10.2 Å². The van der Waals surface area contributed by atoms with E-state index in [9.17, 15) is 17.6 Å². The van der Waals surface area contributed by atoms with Crippen molar-refractivity contribution in [3.05, 3.63) is 35.9 Å². The second kappa shape index (κ2) is 13.6. The molecule has 5 fully saturated rings. The van der Waals surface area contributed by atoms with E-state index in [0.717, 1.165) is 71.4 Å². The first-order chi connectivity index (χ1) is 23.4. The summed E-state index contributed by atoms with van der Waals surface area (Å²) in [6.45, 7) is 15.0. The van der Waals surface area contributed by atoms with Gasteiger partial charge >= 0.3 is 0 Å². The van der Waals surface area contributed by atoms with Gasteiger partial charge in [0.1, 0.15) is 17.9 Å². The Morgan fingerprint density at radius 2 is 1.82 bits per heavy atom. The average molecular weight is 700 g/mol. The Bertz CT molecular complexity index is 1610. The summed E-state index contributed by atoms with van der Waals surface area (Å²) in [5.74, 6) is 0.659. The van der Waals surface area contributed by atoms with Crippen LogP contribution in [0, 0.1) is 17.2 Å². The van der Waals surface area contributed by atoms with E-state index in [0.29, 0.717) is 37.4 Å². The van der Waals surface area contributed by atoms with Crippen LogP contribution < -0.4 is 15.0 Å². The molecule has 268 valence electrons. The van der Waals surface area contributed by atoms with Crippen molar-refractivity contribution < 1.29 is 22.3 Å². The van der Waals surface area contributed by atoms with Crippen LogP contribution in [-0.2, 0) is 10.2 Å². The summed E-state index contributed by atoms with van der Waals surface area (Å²) in [5, 5.41) is 11.6. The quantitative estimate of drug-likeness (QED) is 0.396. The van der Waals surface area contributed by atoms with E-state index in [2.05, 4.69) is 30.3 Å². The number of anilines is 1. The molecule has 2 aromatic rings. The van der Waals surface area contributed by atoms with Crippen molar-refractivity contribution in [3.63, 3.8) is 0 Å². The van der Waals surface area contributed by atoms with E-state index in [1.807, 2.05) is 27.7 Å². The number of rotatable bonds is 10. The SMILES string of the molecule is CC(C)N(C(=O)c1cc(F)ccc1Oc1nncnc1N1CC2(CCN(CC3CCN(S(=O)(=O)N4C[C@@H]5C[C@H]4CN5)CC3)CC2)C1)C(C)C. The second-order valence-electron chi connectivity index (χ2n) is 15.3. The summed E-state index contributed by atoms with van der Waals surface area (Å²) in [4.78, 5) is 24.5. The van der Waals surface area contributed by atoms with Gasteiger partial charge in [-0.25, -0.2) is 9.37 Å². The molecule has 13 nitrogen and oxygen atoms in total. The molecule has 1 aromatic carbocycles. The fourth-order valence-electron chi connectivity index (χ4n) is 8.69. The van der Waals surface area contributed by atoms with Gasteiger partial charge in [0.2, 0.25) is 0 Å². The molecule has 5 aliphatic heterocycles. The number of carbonyl (C=O) groups excluding carboxylic acids is 1. The van der Waals surface area contributed by atoms with E-state index >= 15 is 0 Å². The molecule has 5 saturated heterocycles. The van der Waals surface area contributed by atoms with Gasteiger partial charge in [0.15, 0.2) is 5.82 Å². The smallest absolute Gasteiger partial charge is 0.282 e. The first-order valence-corrected chi connectivity index (χ1v) is 19.3. The Balaban J connectivity index is 0.921. The number of piperidine rings is 2. The minimum Gasteiger partial charge on any atom is -0.434 e. The third-order valence-electron chi connectivity index (χ3n) is 11.3. The van der Waals surface area contributed by atoms with Crippen LogP contribution >= 0.6 is 0 Å². The lowest BCUT2D eigenvalue weighted by atomic mass is 9.72. The minimum absolute atomic E-state index is 0.0780. The van der Waals surface area contributed by atoms with Gasteiger partial charge in [-0.05, 0) is 97.0 Å². The normalized spacial score (nSPS) is 25.0. The monoisotopic (exact) mass is 699 g/mol. The number of likely N-dealkylation sites (tertiary alicyclic amines) is 1. The number of ether oxygens (including phenoxy) is 1. The molecule has 1 N–H and O–H groups in total. The van der Waals surface area contributed by atoms with Crippen LogP contribution in [0.25, 0.3) is 0 Å². The number of carbonyl (C=O) groups is 1. The zero-order valence-electron chi connectivity index (χ0n) is 29.1. The molecule has 5 aliphatic rings. The van der Waals surface area contributed by atoms with Crippen molar-refractivity contribution in [2.24, 2.45) is 11.3 Å². The number of hydrogen-bond acceptors (Lipinski definition) is 10. The van der Waals surface area contributed by atoms with Crippen molar-refractivity contribution in [3.8, 4) is 11.6 Å². The fraction of sp³-hybridized carbons (Fsp3) is 0.706. The predicted octanol–water partition coefficient (Wildman–Crippen LogP) is 2.97. The van der Waals surface area contributed by atoms with E-state index in [4.69, 9.17) is 4.74 Å². The van der Waals surface area contributed by atoms with Gasteiger partial charge in [-0.3, -0.25) is 4.79 Å². The molecule has 49 heavy (non-hydrogen) atoms. The zero-order valence-corrected chi connectivity index (χ0v) is 29.9. The van der Waals surface area contributed by atoms with Crippen LogP contribution in [0.3, 0.4) is 0 Å². The maximum absolute atomic E-state index is 14.4. The summed E-state index contributed by atoms with van der Waals surface area (Å²) in [6.07, 6.45) is 6.31. The minimum atomic E-state index is -3.37. The van der Waals surface area contributed by atoms with E-state index in [1.165, 1.54) is 24.5 Å². The Labute approximate surface area is 289 Å². The number of fused-ring (bicyclic) bond motifs is 2. The standard InChI is InChI=1S/C34H50FN9O4S/c1-23(2)44(24(3)4)33(45)29-15-26(35)5-6-30(29)48-32-31(37-22-38-39-32)41-20-34(21-41)9-13-40(14-10-34)18-25-7-11-42(12-8-25)49(46,47)43-19-27-16-28(43)17-36-27/h5-6,15,22-25,27-28,36H,7-14,16-21H2,1-4H3/t27-,28-/m0/s1. The van der Waals surface area contributed by atoms with Gasteiger partial charge in [0.05, 0.1) is 5.56 Å². The molecule has 1 amide bonds. The number of piperazine rings is 1. The highest BCUT2D eigenvalue weighted by Crippen LogP contribution is 2.45. The largest absolute Gasteiger partial charge is 0.434 e. The first kappa shape index (κ1) is 34.5. The van der Waals surface area contributed by atoms with Gasteiger partial charge < -0.3 is 24.8 Å². The first-order valence-electron chi connectivity index (χ1n) is 17.9. The highest BCUT2D eigenvalue weighted by molar-refractivity contribution is 7.86. The van der Waals surface area contributed by atoms with Crippen LogP contribution in [0.15, 0.2) is 24.5 Å². The molecule has 0 aliphatic carbocycles. The van der Waals surface area contributed by atoms with Crippen molar-refractivity contribution >= 4 is 21.9 Å². The molecular formula is C34H50FN9O4S. The molecule has 2 bridgehead atoms. The summed E-state index contributed by atoms with van der Waals surface area (Å²) in [6, 6.07) is 4.22. The van der Waals surface area contributed by atoms with Gasteiger partial charge in [-0.2, -0.15) is 17.0 Å². The number of nitrogens with one attached hydrogen (secondary N) is 1. The summed E-state index contributed by atoms with van der Waals surface area (Å²) in [5.41, 5.74) is 0.321. The number of nitrogens with zero attached hydrogens (tertiary/aromatic N) is 8. The number of benzene rings is 1. The fourth-order valence-corrected chi connectivity index (χ4v) is 10.6. The topological polar surface area (TPSA) is 127 Å². The number of halogens is 1. The molecule has 0 unspecified atom stereocenters. The molecule has 2 atom stereocenters. The van der Waals surface area contributed by atoms with E-state index in [-0.39, 0.29) is 46.6 Å². The Morgan fingerprint density at radius 1 is 1.10 bits per heavy atom. The number of amides is 1. The second-order valence-corrected chi connectivity index (χ2v) is 17.2. The maximum atomic E-state index is 14.4. The maximum Gasteiger partial charge on any atom is 0.282 e. The summed E-state index contributed by atoms with van der Waals surface area (Å²) >= 11 is 0. The van der Waals surface area contributed by atoms with Crippen molar-refractivity contribution in [2.75, 3.05) is 63.8 Å².